The first kappa shape index (κ1) is 10.0. The van der Waals surface area contributed by atoms with Gasteiger partial charge in [0.2, 0.25) is 0 Å². The number of hydrogen-bond acceptors (Lipinski definition) is 2. The third-order valence-electron chi connectivity index (χ3n) is 3.24. The molecule has 0 radical (unpaired) electrons. The quantitative estimate of drug-likeness (QED) is 0.695. The third-order valence-corrected chi connectivity index (χ3v) is 3.24. The van der Waals surface area contributed by atoms with Crippen LogP contribution in [0.2, 0.25) is 0 Å². The normalized spacial score (nSPS) is 30.5. The largest absolute Gasteiger partial charge is 0.396 e. The van der Waals surface area contributed by atoms with Gasteiger partial charge in [-0.1, -0.05) is 6.92 Å². The monoisotopic (exact) mass is 171 g/mol. The van der Waals surface area contributed by atoms with E-state index in [2.05, 4.69) is 25.7 Å². The molecule has 72 valence electrons. The summed E-state index contributed by atoms with van der Waals surface area (Å²) < 4.78 is 0. The number of nitrogens with zero attached hydrogens (tertiary/aromatic N) is 1. The number of aliphatic hydroxyl groups is 1. The smallest absolute Gasteiger partial charge is 0.0471 e. The zero-order valence-electron chi connectivity index (χ0n) is 8.45. The molecular formula is C10H21NO. The molecule has 1 N–H and O–H groups in total. The minimum absolute atomic E-state index is 0.310. The number of aliphatic hydroxyl groups excluding tert-OH is 1. The van der Waals surface area contributed by atoms with Gasteiger partial charge in [-0.25, -0.2) is 0 Å². The molecule has 2 nitrogen and oxygen atoms in total. The van der Waals surface area contributed by atoms with Crippen molar-refractivity contribution in [1.82, 2.24) is 4.90 Å². The molecule has 0 spiro atoms. The van der Waals surface area contributed by atoms with Gasteiger partial charge in [0.15, 0.2) is 0 Å². The molecular weight excluding hydrogens is 150 g/mol. The summed E-state index contributed by atoms with van der Waals surface area (Å²) in [6.45, 7) is 8.16. The molecule has 0 bridgehead atoms. The van der Waals surface area contributed by atoms with Crippen molar-refractivity contribution in [3.63, 3.8) is 0 Å². The van der Waals surface area contributed by atoms with Crippen molar-refractivity contribution in [2.75, 3.05) is 13.2 Å². The fourth-order valence-corrected chi connectivity index (χ4v) is 2.04. The van der Waals surface area contributed by atoms with Crippen LogP contribution in [-0.2, 0) is 0 Å². The van der Waals surface area contributed by atoms with Gasteiger partial charge in [-0.3, -0.25) is 4.90 Å². The second kappa shape index (κ2) is 4.24. The topological polar surface area (TPSA) is 23.5 Å². The maximum absolute atomic E-state index is 9.03. The van der Waals surface area contributed by atoms with Crippen LogP contribution < -0.4 is 0 Å². The Morgan fingerprint density at radius 2 is 2.17 bits per heavy atom. The van der Waals surface area contributed by atoms with Crippen LogP contribution in [0.4, 0.5) is 0 Å². The lowest BCUT2D eigenvalue weighted by molar-refractivity contribution is 0.112. The molecule has 3 atom stereocenters. The van der Waals surface area contributed by atoms with E-state index in [0.717, 1.165) is 0 Å². The molecule has 12 heavy (non-hydrogen) atoms. The summed E-state index contributed by atoms with van der Waals surface area (Å²) in [5.74, 6) is 0.408. The van der Waals surface area contributed by atoms with Crippen molar-refractivity contribution >= 4 is 0 Å². The summed E-state index contributed by atoms with van der Waals surface area (Å²) in [4.78, 5) is 2.51. The van der Waals surface area contributed by atoms with Gasteiger partial charge in [0, 0.05) is 18.7 Å². The lowest BCUT2D eigenvalue weighted by Crippen LogP contribution is -2.40. The molecule has 0 aromatic carbocycles. The fourth-order valence-electron chi connectivity index (χ4n) is 2.04. The van der Waals surface area contributed by atoms with Crippen molar-refractivity contribution < 1.29 is 5.11 Å². The minimum Gasteiger partial charge on any atom is -0.396 e. The van der Waals surface area contributed by atoms with Gasteiger partial charge in [-0.2, -0.15) is 0 Å². The third kappa shape index (κ3) is 1.99. The van der Waals surface area contributed by atoms with E-state index in [1.54, 1.807) is 0 Å². The Morgan fingerprint density at radius 1 is 1.50 bits per heavy atom. The van der Waals surface area contributed by atoms with E-state index >= 15 is 0 Å². The van der Waals surface area contributed by atoms with Gasteiger partial charge in [0.25, 0.3) is 0 Å². The van der Waals surface area contributed by atoms with Crippen molar-refractivity contribution in [3.8, 4) is 0 Å². The van der Waals surface area contributed by atoms with Crippen molar-refractivity contribution in [1.29, 1.82) is 0 Å². The average molecular weight is 171 g/mol. The number of rotatable bonds is 3. The molecule has 0 saturated carbocycles. The Hall–Kier alpha value is -0.0800. The van der Waals surface area contributed by atoms with E-state index < -0.39 is 0 Å². The molecule has 1 rings (SSSR count). The zero-order valence-corrected chi connectivity index (χ0v) is 8.45. The molecule has 0 amide bonds. The van der Waals surface area contributed by atoms with E-state index in [9.17, 15) is 0 Å². The van der Waals surface area contributed by atoms with Crippen LogP contribution in [0.25, 0.3) is 0 Å². The Labute approximate surface area is 75.6 Å². The predicted octanol–water partition coefficient (Wildman–Crippen LogP) is 1.49. The molecule has 1 heterocycles. The summed E-state index contributed by atoms with van der Waals surface area (Å²) in [6, 6.07) is 1.25. The molecule has 1 saturated heterocycles. The van der Waals surface area contributed by atoms with E-state index in [0.29, 0.717) is 24.6 Å². The molecule has 2 heteroatoms. The van der Waals surface area contributed by atoms with Crippen molar-refractivity contribution in [2.24, 2.45) is 5.92 Å². The first-order chi connectivity index (χ1) is 5.66. The molecule has 0 aromatic rings. The van der Waals surface area contributed by atoms with E-state index in [4.69, 9.17) is 5.11 Å². The van der Waals surface area contributed by atoms with E-state index in [1.165, 1.54) is 19.4 Å². The molecule has 0 aliphatic carbocycles. The van der Waals surface area contributed by atoms with Crippen LogP contribution in [0.3, 0.4) is 0 Å². The summed E-state index contributed by atoms with van der Waals surface area (Å²) >= 11 is 0. The Balaban J connectivity index is 2.45. The van der Waals surface area contributed by atoms with Crippen molar-refractivity contribution in [3.05, 3.63) is 0 Å². The lowest BCUT2D eigenvalue weighted by Gasteiger charge is -2.32. The number of likely N-dealkylation sites (tertiary alicyclic amines) is 1. The van der Waals surface area contributed by atoms with E-state index in [-0.39, 0.29) is 0 Å². The highest BCUT2D eigenvalue weighted by Crippen LogP contribution is 2.22. The van der Waals surface area contributed by atoms with Crippen molar-refractivity contribution in [2.45, 2.75) is 45.7 Å². The SMILES string of the molecule is CC(CO)C(C)N1CCCC1C. The second-order valence-corrected chi connectivity index (χ2v) is 4.13. The van der Waals surface area contributed by atoms with Crippen LogP contribution in [0, 0.1) is 5.92 Å². The first-order valence-electron chi connectivity index (χ1n) is 5.03. The lowest BCUT2D eigenvalue weighted by atomic mass is 10.0. The zero-order chi connectivity index (χ0) is 9.14. The molecule has 0 aromatic heterocycles. The minimum atomic E-state index is 0.310. The van der Waals surface area contributed by atoms with Gasteiger partial charge in [0.05, 0.1) is 0 Å². The average Bonchev–Trinajstić information content (AvgIpc) is 2.48. The molecule has 1 aliphatic rings. The highest BCUT2D eigenvalue weighted by atomic mass is 16.3. The summed E-state index contributed by atoms with van der Waals surface area (Å²) in [7, 11) is 0. The standard InChI is InChI=1S/C10H21NO/c1-8(7-12)10(3)11-6-4-5-9(11)2/h8-10,12H,4-7H2,1-3H3. The van der Waals surface area contributed by atoms with E-state index in [1.807, 2.05) is 0 Å². The molecule has 3 unspecified atom stereocenters. The Bertz CT molecular complexity index is 138. The Kier molecular flexibility index (Phi) is 3.53. The molecule has 1 fully saturated rings. The van der Waals surface area contributed by atoms with Gasteiger partial charge in [0.1, 0.15) is 0 Å². The second-order valence-electron chi connectivity index (χ2n) is 4.13. The number of hydrogen-bond donors (Lipinski definition) is 1. The Morgan fingerprint density at radius 3 is 2.58 bits per heavy atom. The van der Waals surface area contributed by atoms with Crippen LogP contribution in [0.5, 0.6) is 0 Å². The molecule has 1 aliphatic heterocycles. The predicted molar refractivity (Wildman–Crippen MR) is 51.1 cm³/mol. The van der Waals surface area contributed by atoms with Crippen LogP contribution in [-0.4, -0.2) is 35.2 Å². The summed E-state index contributed by atoms with van der Waals surface area (Å²) in [5.41, 5.74) is 0. The highest BCUT2D eigenvalue weighted by Gasteiger charge is 2.27. The van der Waals surface area contributed by atoms with Crippen LogP contribution in [0.15, 0.2) is 0 Å². The van der Waals surface area contributed by atoms with Crippen LogP contribution >= 0.6 is 0 Å². The summed E-state index contributed by atoms with van der Waals surface area (Å²) in [6.07, 6.45) is 2.64. The maximum Gasteiger partial charge on any atom is 0.0471 e. The van der Waals surface area contributed by atoms with Gasteiger partial charge in [-0.15, -0.1) is 0 Å². The van der Waals surface area contributed by atoms with Gasteiger partial charge >= 0.3 is 0 Å². The van der Waals surface area contributed by atoms with Crippen LogP contribution in [0.1, 0.15) is 33.6 Å². The first-order valence-corrected chi connectivity index (χ1v) is 5.03. The fraction of sp³-hybridized carbons (Fsp3) is 1.00. The highest BCUT2D eigenvalue weighted by molar-refractivity contribution is 4.82. The van der Waals surface area contributed by atoms with Gasteiger partial charge in [-0.05, 0) is 39.2 Å². The maximum atomic E-state index is 9.03. The summed E-state index contributed by atoms with van der Waals surface area (Å²) in [5, 5.41) is 9.03. The van der Waals surface area contributed by atoms with Gasteiger partial charge < -0.3 is 5.11 Å².